The molecule has 1 aliphatic rings. The van der Waals surface area contributed by atoms with E-state index in [0.29, 0.717) is 30.8 Å². The zero-order chi connectivity index (χ0) is 21.9. The minimum Gasteiger partial charge on any atom is -0.483 e. The third-order valence-corrected chi connectivity index (χ3v) is 4.59. The number of amides is 2. The number of carbonyl (C=O) groups is 3. The van der Waals surface area contributed by atoms with Gasteiger partial charge in [0.25, 0.3) is 12.4 Å². The lowest BCUT2D eigenvalue weighted by molar-refractivity contribution is -0.125. The zero-order valence-corrected chi connectivity index (χ0v) is 16.4. The molecule has 2 amide bonds. The van der Waals surface area contributed by atoms with Crippen LogP contribution in [0.3, 0.4) is 0 Å². The highest BCUT2D eigenvalue weighted by atomic mass is 16.5. The smallest absolute Gasteiger partial charge is 0.290 e. The number of ether oxygens (including phenoxy) is 1. The van der Waals surface area contributed by atoms with Gasteiger partial charge < -0.3 is 25.6 Å². The Kier molecular flexibility index (Phi) is 8.70. The first kappa shape index (κ1) is 22.8. The van der Waals surface area contributed by atoms with Crippen LogP contribution in [0.2, 0.25) is 0 Å². The molecule has 0 radical (unpaired) electrons. The molecule has 0 bridgehead atoms. The maximum atomic E-state index is 12.3. The number of aliphatic hydroxyl groups is 1. The average Bonchev–Trinajstić information content (AvgIpc) is 3.13. The van der Waals surface area contributed by atoms with Gasteiger partial charge in [0.05, 0.1) is 37.1 Å². The maximum absolute atomic E-state index is 12.3. The van der Waals surface area contributed by atoms with Crippen LogP contribution in [0.5, 0.6) is 5.88 Å². The SMILES string of the molecule is COc1ccc(C(=O)N[C@H]2C[C@H](C(=O)NCc3ccccn3)C[C@@H]2O)cn1.O=CO. The highest BCUT2D eigenvalue weighted by molar-refractivity contribution is 5.94. The van der Waals surface area contributed by atoms with Crippen molar-refractivity contribution < 1.29 is 29.3 Å². The van der Waals surface area contributed by atoms with Gasteiger partial charge in [0.2, 0.25) is 11.8 Å². The molecule has 3 atom stereocenters. The normalized spacial score (nSPS) is 19.7. The van der Waals surface area contributed by atoms with E-state index in [9.17, 15) is 14.7 Å². The number of nitrogens with one attached hydrogen (secondary N) is 2. The Balaban J connectivity index is 0.00000101. The van der Waals surface area contributed by atoms with E-state index < -0.39 is 12.1 Å². The van der Waals surface area contributed by atoms with Crippen LogP contribution in [-0.4, -0.2) is 57.7 Å². The second-order valence-corrected chi connectivity index (χ2v) is 6.55. The minimum atomic E-state index is -0.772. The summed E-state index contributed by atoms with van der Waals surface area (Å²) in [5.74, 6) is -0.439. The Bertz CT molecular complexity index is 831. The Morgan fingerprint density at radius 1 is 1.23 bits per heavy atom. The molecule has 1 aliphatic carbocycles. The molecule has 2 aromatic rings. The van der Waals surface area contributed by atoms with E-state index in [2.05, 4.69) is 20.6 Å². The fourth-order valence-electron chi connectivity index (χ4n) is 3.10. The summed E-state index contributed by atoms with van der Waals surface area (Å²) in [7, 11) is 1.50. The van der Waals surface area contributed by atoms with Crippen molar-refractivity contribution >= 4 is 18.3 Å². The van der Waals surface area contributed by atoms with Crippen LogP contribution >= 0.6 is 0 Å². The van der Waals surface area contributed by atoms with Crippen molar-refractivity contribution in [3.63, 3.8) is 0 Å². The van der Waals surface area contributed by atoms with E-state index >= 15 is 0 Å². The summed E-state index contributed by atoms with van der Waals surface area (Å²) in [5, 5.41) is 22.7. The van der Waals surface area contributed by atoms with Crippen LogP contribution in [0.15, 0.2) is 42.7 Å². The van der Waals surface area contributed by atoms with Crippen LogP contribution in [0.4, 0.5) is 0 Å². The standard InChI is InChI=1S/C19H22N4O4.CH2O2/c1-27-17-6-5-12(10-21-17)19(26)23-15-8-13(9-16(15)24)18(25)22-11-14-4-2-3-7-20-14;2-1-3/h2-7,10,13,15-16,24H,8-9,11H2,1H3,(H,22,25)(H,23,26);1H,(H,2,3)/t13-,15-,16-;/m0./s1. The predicted molar refractivity (Wildman–Crippen MR) is 106 cm³/mol. The van der Waals surface area contributed by atoms with Gasteiger partial charge in [-0.15, -0.1) is 0 Å². The van der Waals surface area contributed by atoms with E-state index in [1.807, 2.05) is 18.2 Å². The van der Waals surface area contributed by atoms with E-state index in [1.165, 1.54) is 13.3 Å². The number of aliphatic hydroxyl groups excluding tert-OH is 1. The summed E-state index contributed by atoms with van der Waals surface area (Å²) in [6.45, 7) is 0.0841. The Labute approximate surface area is 173 Å². The third-order valence-electron chi connectivity index (χ3n) is 4.59. The number of hydrogen-bond donors (Lipinski definition) is 4. The first-order chi connectivity index (χ1) is 14.5. The predicted octanol–water partition coefficient (Wildman–Crippen LogP) is 0.372. The molecule has 3 rings (SSSR count). The van der Waals surface area contributed by atoms with Crippen LogP contribution in [0, 0.1) is 5.92 Å². The molecule has 0 aliphatic heterocycles. The van der Waals surface area contributed by atoms with Crippen molar-refractivity contribution in [2.24, 2.45) is 5.92 Å². The molecule has 0 aromatic carbocycles. The van der Waals surface area contributed by atoms with Crippen molar-refractivity contribution in [2.45, 2.75) is 31.5 Å². The van der Waals surface area contributed by atoms with Gasteiger partial charge in [0.1, 0.15) is 0 Å². The summed E-state index contributed by atoms with van der Waals surface area (Å²) in [5.41, 5.74) is 1.13. The number of hydrogen-bond acceptors (Lipinski definition) is 7. The first-order valence-corrected chi connectivity index (χ1v) is 9.23. The number of carbonyl (C=O) groups excluding carboxylic acids is 2. The summed E-state index contributed by atoms with van der Waals surface area (Å²) in [4.78, 5) is 41.2. The van der Waals surface area contributed by atoms with Gasteiger partial charge in [-0.25, -0.2) is 4.98 Å². The molecule has 0 saturated heterocycles. The van der Waals surface area contributed by atoms with Crippen molar-refractivity contribution in [1.82, 2.24) is 20.6 Å². The molecule has 10 nitrogen and oxygen atoms in total. The summed E-state index contributed by atoms with van der Waals surface area (Å²) in [6.07, 6.45) is 2.99. The minimum absolute atomic E-state index is 0.150. The lowest BCUT2D eigenvalue weighted by Gasteiger charge is -2.16. The van der Waals surface area contributed by atoms with Gasteiger partial charge in [-0.3, -0.25) is 19.4 Å². The number of rotatable bonds is 6. The van der Waals surface area contributed by atoms with Crippen molar-refractivity contribution in [2.75, 3.05) is 7.11 Å². The topological polar surface area (TPSA) is 151 Å². The average molecular weight is 416 g/mol. The molecule has 0 unspecified atom stereocenters. The third kappa shape index (κ3) is 6.52. The molecule has 1 saturated carbocycles. The largest absolute Gasteiger partial charge is 0.483 e. The van der Waals surface area contributed by atoms with Gasteiger partial charge in [0, 0.05) is 24.4 Å². The fourth-order valence-corrected chi connectivity index (χ4v) is 3.10. The van der Waals surface area contributed by atoms with Gasteiger partial charge in [-0.1, -0.05) is 6.07 Å². The fraction of sp³-hybridized carbons (Fsp3) is 0.350. The molecular formula is C20H24N4O6. The molecule has 2 aromatic heterocycles. The van der Waals surface area contributed by atoms with E-state index in [0.717, 1.165) is 5.69 Å². The molecular weight excluding hydrogens is 392 g/mol. The monoisotopic (exact) mass is 416 g/mol. The Morgan fingerprint density at radius 3 is 2.60 bits per heavy atom. The molecule has 4 N–H and O–H groups in total. The second kappa shape index (κ2) is 11.5. The number of pyridine rings is 2. The highest BCUT2D eigenvalue weighted by Gasteiger charge is 2.37. The van der Waals surface area contributed by atoms with E-state index in [4.69, 9.17) is 14.6 Å². The highest BCUT2D eigenvalue weighted by Crippen LogP contribution is 2.26. The quantitative estimate of drug-likeness (QED) is 0.493. The molecule has 30 heavy (non-hydrogen) atoms. The number of carboxylic acid groups (broad SMARTS) is 1. The molecule has 2 heterocycles. The van der Waals surface area contributed by atoms with Gasteiger partial charge in [-0.05, 0) is 31.0 Å². The van der Waals surface area contributed by atoms with Crippen molar-refractivity contribution in [3.8, 4) is 5.88 Å². The van der Waals surface area contributed by atoms with Crippen LogP contribution < -0.4 is 15.4 Å². The Morgan fingerprint density at radius 2 is 2.00 bits per heavy atom. The van der Waals surface area contributed by atoms with Gasteiger partial charge >= 0.3 is 0 Å². The molecule has 1 fully saturated rings. The lowest BCUT2D eigenvalue weighted by atomic mass is 10.1. The second-order valence-electron chi connectivity index (χ2n) is 6.55. The molecule has 0 spiro atoms. The summed E-state index contributed by atoms with van der Waals surface area (Å²) < 4.78 is 4.96. The molecule has 10 heteroatoms. The summed E-state index contributed by atoms with van der Waals surface area (Å²) in [6, 6.07) is 8.20. The van der Waals surface area contributed by atoms with Gasteiger partial charge in [-0.2, -0.15) is 0 Å². The Hall–Kier alpha value is -3.53. The zero-order valence-electron chi connectivity index (χ0n) is 16.4. The van der Waals surface area contributed by atoms with Crippen molar-refractivity contribution in [3.05, 3.63) is 54.0 Å². The van der Waals surface area contributed by atoms with Crippen LogP contribution in [-0.2, 0) is 16.1 Å². The number of nitrogens with zero attached hydrogens (tertiary/aromatic N) is 2. The number of methoxy groups -OCH3 is 1. The summed E-state index contributed by atoms with van der Waals surface area (Å²) >= 11 is 0. The molecule has 160 valence electrons. The van der Waals surface area contributed by atoms with E-state index in [1.54, 1.807) is 18.3 Å². The number of aromatic nitrogens is 2. The van der Waals surface area contributed by atoms with E-state index in [-0.39, 0.29) is 24.2 Å². The van der Waals surface area contributed by atoms with Crippen molar-refractivity contribution in [1.29, 1.82) is 0 Å². The first-order valence-electron chi connectivity index (χ1n) is 9.23. The van der Waals surface area contributed by atoms with Gasteiger partial charge in [0.15, 0.2) is 0 Å². The lowest BCUT2D eigenvalue weighted by Crippen LogP contribution is -2.40. The van der Waals surface area contributed by atoms with Crippen LogP contribution in [0.25, 0.3) is 0 Å². The van der Waals surface area contributed by atoms with Crippen LogP contribution in [0.1, 0.15) is 28.9 Å². The maximum Gasteiger partial charge on any atom is 0.290 e.